The van der Waals surface area contributed by atoms with E-state index in [0.717, 1.165) is 16.9 Å². The van der Waals surface area contributed by atoms with Gasteiger partial charge in [-0.25, -0.2) is 5.01 Å². The van der Waals surface area contributed by atoms with E-state index in [0.29, 0.717) is 5.02 Å². The Hall–Kier alpha value is -1.91. The van der Waals surface area contributed by atoms with Crippen LogP contribution in [-0.4, -0.2) is 30.4 Å². The minimum Gasteiger partial charge on any atom is -0.378 e. The maximum Gasteiger partial charge on any atom is 0.262 e. The summed E-state index contributed by atoms with van der Waals surface area (Å²) in [5.41, 5.74) is 5.99. The van der Waals surface area contributed by atoms with Crippen molar-refractivity contribution in [1.29, 1.82) is 0 Å². The number of benzene rings is 2. The van der Waals surface area contributed by atoms with Crippen molar-refractivity contribution in [2.75, 3.05) is 24.4 Å². The number of hydrogen-bond donors (Lipinski definition) is 1. The second-order valence-electron chi connectivity index (χ2n) is 5.66. The number of rotatable bonds is 4. The van der Waals surface area contributed by atoms with Crippen molar-refractivity contribution in [3.8, 4) is 0 Å². The average Bonchev–Trinajstić information content (AvgIpc) is 2.56. The summed E-state index contributed by atoms with van der Waals surface area (Å²) >= 11 is 12.1. The van der Waals surface area contributed by atoms with Crippen LogP contribution in [0.5, 0.6) is 0 Å². The molecule has 2 atom stereocenters. The van der Waals surface area contributed by atoms with Crippen molar-refractivity contribution in [1.82, 2.24) is 5.01 Å². The summed E-state index contributed by atoms with van der Waals surface area (Å²) in [6, 6.07) is 15.0. The number of alkyl halides is 1. The first-order chi connectivity index (χ1) is 11.0. The van der Waals surface area contributed by atoms with E-state index in [1.54, 1.807) is 17.1 Å². The van der Waals surface area contributed by atoms with Crippen LogP contribution in [0.15, 0.2) is 48.5 Å². The van der Waals surface area contributed by atoms with E-state index >= 15 is 0 Å². The quantitative estimate of drug-likeness (QED) is 0.671. The fourth-order valence-corrected chi connectivity index (χ4v) is 3.02. The van der Waals surface area contributed by atoms with Gasteiger partial charge in [-0.2, -0.15) is 0 Å². The molecule has 0 spiro atoms. The van der Waals surface area contributed by atoms with Crippen molar-refractivity contribution in [3.05, 3.63) is 59.1 Å². The van der Waals surface area contributed by atoms with E-state index in [2.05, 4.69) is 5.43 Å². The maximum absolute atomic E-state index is 12.1. The predicted molar refractivity (Wildman–Crippen MR) is 95.1 cm³/mol. The molecule has 0 aromatic heterocycles. The van der Waals surface area contributed by atoms with Gasteiger partial charge in [0.2, 0.25) is 0 Å². The van der Waals surface area contributed by atoms with Gasteiger partial charge in [0.25, 0.3) is 5.91 Å². The molecule has 0 bridgehead atoms. The molecule has 4 nitrogen and oxygen atoms in total. The van der Waals surface area contributed by atoms with Crippen LogP contribution in [0, 0.1) is 0 Å². The molecule has 2 aromatic rings. The summed E-state index contributed by atoms with van der Waals surface area (Å²) in [7, 11) is 3.97. The first-order valence-electron chi connectivity index (χ1n) is 7.24. The molecule has 1 heterocycles. The summed E-state index contributed by atoms with van der Waals surface area (Å²) in [6.45, 7) is 0. The van der Waals surface area contributed by atoms with E-state index in [-0.39, 0.29) is 11.9 Å². The zero-order valence-electron chi connectivity index (χ0n) is 12.8. The highest BCUT2D eigenvalue weighted by Gasteiger charge is 2.47. The zero-order chi connectivity index (χ0) is 16.6. The summed E-state index contributed by atoms with van der Waals surface area (Å²) < 4.78 is 0. The summed E-state index contributed by atoms with van der Waals surface area (Å²) in [4.78, 5) is 14.1. The van der Waals surface area contributed by atoms with Crippen LogP contribution in [-0.2, 0) is 4.79 Å². The number of halogens is 2. The number of nitrogens with zero attached hydrogens (tertiary/aromatic N) is 2. The molecule has 23 heavy (non-hydrogen) atoms. The third-order valence-corrected chi connectivity index (χ3v) is 4.55. The van der Waals surface area contributed by atoms with Crippen LogP contribution in [0.4, 0.5) is 11.4 Å². The predicted octanol–water partition coefficient (Wildman–Crippen LogP) is 3.92. The standard InChI is InChI=1S/C17H17Cl2N3O/c1-21(2)14-9-3-11(4-10-14)16-15(19)17(23)22(16)20-13-7-5-12(18)6-8-13/h3-10,15-16,20H,1-2H3. The molecule has 2 aromatic carbocycles. The number of amides is 1. The Morgan fingerprint density at radius 3 is 2.22 bits per heavy atom. The SMILES string of the molecule is CN(C)c1ccc(C2C(Cl)C(=O)N2Nc2ccc(Cl)cc2)cc1. The van der Waals surface area contributed by atoms with Crippen molar-refractivity contribution in [2.24, 2.45) is 0 Å². The van der Waals surface area contributed by atoms with E-state index in [1.165, 1.54) is 0 Å². The highest BCUT2D eigenvalue weighted by atomic mass is 35.5. The van der Waals surface area contributed by atoms with Gasteiger partial charge in [0.05, 0.1) is 5.69 Å². The van der Waals surface area contributed by atoms with Gasteiger partial charge in [0.1, 0.15) is 11.4 Å². The Morgan fingerprint density at radius 1 is 1.04 bits per heavy atom. The van der Waals surface area contributed by atoms with Crippen LogP contribution >= 0.6 is 23.2 Å². The molecule has 1 aliphatic rings. The van der Waals surface area contributed by atoms with Crippen molar-refractivity contribution in [3.63, 3.8) is 0 Å². The number of carbonyl (C=O) groups excluding carboxylic acids is 1. The molecule has 1 fully saturated rings. The van der Waals surface area contributed by atoms with Crippen molar-refractivity contribution < 1.29 is 4.79 Å². The maximum atomic E-state index is 12.1. The van der Waals surface area contributed by atoms with Gasteiger partial charge >= 0.3 is 0 Å². The van der Waals surface area contributed by atoms with Crippen molar-refractivity contribution in [2.45, 2.75) is 11.4 Å². The number of carbonyl (C=O) groups is 1. The number of anilines is 2. The second kappa shape index (κ2) is 6.30. The van der Waals surface area contributed by atoms with E-state index in [9.17, 15) is 4.79 Å². The number of hydrazine groups is 1. The lowest BCUT2D eigenvalue weighted by molar-refractivity contribution is -0.143. The number of nitrogens with one attached hydrogen (secondary N) is 1. The Balaban J connectivity index is 1.79. The lowest BCUT2D eigenvalue weighted by atomic mass is 9.95. The average molecular weight is 350 g/mol. The van der Waals surface area contributed by atoms with Gasteiger partial charge in [-0.3, -0.25) is 10.2 Å². The van der Waals surface area contributed by atoms with Crippen LogP contribution < -0.4 is 10.3 Å². The summed E-state index contributed by atoms with van der Waals surface area (Å²) in [5.74, 6) is -0.136. The highest BCUT2D eigenvalue weighted by Crippen LogP contribution is 2.39. The molecule has 0 saturated carbocycles. The molecular weight excluding hydrogens is 333 g/mol. The minimum absolute atomic E-state index is 0.136. The molecule has 6 heteroatoms. The topological polar surface area (TPSA) is 35.6 Å². The summed E-state index contributed by atoms with van der Waals surface area (Å²) in [6.07, 6.45) is 0. The molecule has 1 saturated heterocycles. The van der Waals surface area contributed by atoms with Gasteiger partial charge in [-0.15, -0.1) is 11.6 Å². The smallest absolute Gasteiger partial charge is 0.262 e. The van der Waals surface area contributed by atoms with E-state index < -0.39 is 5.38 Å². The monoisotopic (exact) mass is 349 g/mol. The highest BCUT2D eigenvalue weighted by molar-refractivity contribution is 6.33. The van der Waals surface area contributed by atoms with Crippen molar-refractivity contribution >= 4 is 40.5 Å². The molecule has 1 N–H and O–H groups in total. The normalized spacial score (nSPS) is 20.2. The third-order valence-electron chi connectivity index (χ3n) is 3.87. The Labute approximate surface area is 145 Å². The van der Waals surface area contributed by atoms with Crippen LogP contribution in [0.3, 0.4) is 0 Å². The van der Waals surface area contributed by atoms with Gasteiger partial charge in [0, 0.05) is 24.8 Å². The molecule has 0 radical (unpaired) electrons. The molecule has 3 rings (SSSR count). The Morgan fingerprint density at radius 2 is 1.65 bits per heavy atom. The van der Waals surface area contributed by atoms with E-state index in [1.807, 2.05) is 55.4 Å². The zero-order valence-corrected chi connectivity index (χ0v) is 14.3. The van der Waals surface area contributed by atoms with Crippen LogP contribution in [0.2, 0.25) is 5.02 Å². The molecular formula is C17H17Cl2N3O. The minimum atomic E-state index is -0.556. The van der Waals surface area contributed by atoms with Gasteiger partial charge in [-0.05, 0) is 42.0 Å². The summed E-state index contributed by atoms with van der Waals surface area (Å²) in [5, 5.41) is 1.66. The van der Waals surface area contributed by atoms with Crippen LogP contribution in [0.1, 0.15) is 11.6 Å². The molecule has 1 aliphatic heterocycles. The Bertz CT molecular complexity index is 701. The molecule has 0 aliphatic carbocycles. The largest absolute Gasteiger partial charge is 0.378 e. The first-order valence-corrected chi connectivity index (χ1v) is 8.05. The lowest BCUT2D eigenvalue weighted by Crippen LogP contribution is -2.58. The van der Waals surface area contributed by atoms with Gasteiger partial charge in [0.15, 0.2) is 0 Å². The molecule has 1 amide bonds. The first kappa shape index (κ1) is 16.0. The van der Waals surface area contributed by atoms with Gasteiger partial charge < -0.3 is 4.90 Å². The van der Waals surface area contributed by atoms with E-state index in [4.69, 9.17) is 23.2 Å². The Kier molecular flexibility index (Phi) is 4.37. The fraction of sp³-hybridized carbons (Fsp3) is 0.235. The molecule has 120 valence electrons. The fourth-order valence-electron chi connectivity index (χ4n) is 2.53. The van der Waals surface area contributed by atoms with Crippen LogP contribution in [0.25, 0.3) is 0 Å². The molecule has 2 unspecified atom stereocenters. The number of hydrogen-bond acceptors (Lipinski definition) is 3. The van der Waals surface area contributed by atoms with Gasteiger partial charge in [-0.1, -0.05) is 23.7 Å². The third kappa shape index (κ3) is 3.09. The second-order valence-corrected chi connectivity index (χ2v) is 6.57. The lowest BCUT2D eigenvalue weighted by Gasteiger charge is -2.44. The number of β-lactam (4-membered cyclic amide) rings is 1.